The van der Waals surface area contributed by atoms with Gasteiger partial charge in [0.05, 0.1) is 29.3 Å². The summed E-state index contributed by atoms with van der Waals surface area (Å²) in [6, 6.07) is 4.32. The highest BCUT2D eigenvalue weighted by molar-refractivity contribution is 5.78. The van der Waals surface area contributed by atoms with E-state index in [-0.39, 0.29) is 12.4 Å². The first-order chi connectivity index (χ1) is 11.9. The Morgan fingerprint density at radius 2 is 2.08 bits per heavy atom. The second kappa shape index (κ2) is 6.46. The highest BCUT2D eigenvalue weighted by atomic mass is 19.1. The Labute approximate surface area is 143 Å². The molecule has 0 aliphatic carbocycles. The topological polar surface area (TPSA) is 81.8 Å². The van der Waals surface area contributed by atoms with E-state index in [9.17, 15) is 14.0 Å². The number of aryl methyl sites for hydroxylation is 2. The van der Waals surface area contributed by atoms with E-state index in [4.69, 9.17) is 0 Å². The standard InChI is InChI=1S/C17H18FN5O2/c1-10-4-5-12(14(18)6-10)11(2)21-16(24)9-23-17(25)13-7-19-22(3)15(13)8-20-23/h4-8,11H,9H2,1-3H3,(H,21,24). The summed E-state index contributed by atoms with van der Waals surface area (Å²) < 4.78 is 16.6. The molecule has 0 aliphatic rings. The largest absolute Gasteiger partial charge is 0.348 e. The molecule has 0 saturated heterocycles. The molecule has 130 valence electrons. The Morgan fingerprint density at radius 1 is 1.32 bits per heavy atom. The van der Waals surface area contributed by atoms with E-state index in [0.717, 1.165) is 10.2 Å². The number of nitrogens with zero attached hydrogens (tertiary/aromatic N) is 4. The van der Waals surface area contributed by atoms with E-state index in [2.05, 4.69) is 15.5 Å². The van der Waals surface area contributed by atoms with Crippen molar-refractivity contribution in [2.45, 2.75) is 26.4 Å². The molecule has 3 rings (SSSR count). The third-order valence-electron chi connectivity index (χ3n) is 4.06. The Hall–Kier alpha value is -3.03. The summed E-state index contributed by atoms with van der Waals surface area (Å²) in [7, 11) is 1.71. The van der Waals surface area contributed by atoms with Crippen LogP contribution in [0.15, 0.2) is 35.4 Å². The van der Waals surface area contributed by atoms with Crippen LogP contribution in [0.5, 0.6) is 0 Å². The second-order valence-electron chi connectivity index (χ2n) is 5.99. The summed E-state index contributed by atoms with van der Waals surface area (Å²) >= 11 is 0. The third kappa shape index (κ3) is 3.28. The zero-order valence-corrected chi connectivity index (χ0v) is 14.2. The molecule has 0 aliphatic heterocycles. The smallest absolute Gasteiger partial charge is 0.278 e. The number of halogens is 1. The Bertz CT molecular complexity index is 1010. The Kier molecular flexibility index (Phi) is 4.35. The zero-order valence-electron chi connectivity index (χ0n) is 14.2. The molecule has 0 fully saturated rings. The van der Waals surface area contributed by atoms with Crippen molar-refractivity contribution in [1.29, 1.82) is 0 Å². The number of carbonyl (C=O) groups is 1. The number of benzene rings is 1. The lowest BCUT2D eigenvalue weighted by atomic mass is 10.1. The molecule has 3 aromatic rings. The summed E-state index contributed by atoms with van der Waals surface area (Å²) in [6.45, 7) is 3.23. The molecule has 0 bridgehead atoms. The van der Waals surface area contributed by atoms with Gasteiger partial charge in [0.15, 0.2) is 0 Å². The number of rotatable bonds is 4. The number of hydrogen-bond donors (Lipinski definition) is 1. The molecule has 1 atom stereocenters. The molecule has 2 heterocycles. The van der Waals surface area contributed by atoms with Crippen LogP contribution >= 0.6 is 0 Å². The molecule has 0 radical (unpaired) electrons. The van der Waals surface area contributed by atoms with Gasteiger partial charge in [-0.2, -0.15) is 10.2 Å². The van der Waals surface area contributed by atoms with E-state index < -0.39 is 17.5 Å². The van der Waals surface area contributed by atoms with Crippen LogP contribution in [0.1, 0.15) is 24.1 Å². The average molecular weight is 343 g/mol. The van der Waals surface area contributed by atoms with Gasteiger partial charge in [-0.15, -0.1) is 0 Å². The number of aromatic nitrogens is 4. The number of amides is 1. The van der Waals surface area contributed by atoms with Gasteiger partial charge >= 0.3 is 0 Å². The minimum absolute atomic E-state index is 0.249. The maximum atomic E-state index is 14.0. The summed E-state index contributed by atoms with van der Waals surface area (Å²) in [4.78, 5) is 24.5. The molecule has 7 nitrogen and oxygen atoms in total. The fraction of sp³-hybridized carbons (Fsp3) is 0.294. The van der Waals surface area contributed by atoms with Gasteiger partial charge in [0.25, 0.3) is 5.56 Å². The number of nitrogens with one attached hydrogen (secondary N) is 1. The van der Waals surface area contributed by atoms with Gasteiger partial charge in [0, 0.05) is 12.6 Å². The van der Waals surface area contributed by atoms with Crippen LogP contribution in [0.4, 0.5) is 4.39 Å². The van der Waals surface area contributed by atoms with Crippen molar-refractivity contribution in [3.8, 4) is 0 Å². The maximum Gasteiger partial charge on any atom is 0.278 e. The molecule has 2 aromatic heterocycles. The van der Waals surface area contributed by atoms with Gasteiger partial charge in [-0.1, -0.05) is 12.1 Å². The summed E-state index contributed by atoms with van der Waals surface area (Å²) in [5.41, 5.74) is 1.40. The molecule has 0 spiro atoms. The molecule has 25 heavy (non-hydrogen) atoms. The quantitative estimate of drug-likeness (QED) is 0.777. The maximum absolute atomic E-state index is 14.0. The molecule has 1 N–H and O–H groups in total. The minimum atomic E-state index is -0.522. The van der Waals surface area contributed by atoms with Crippen LogP contribution in [-0.4, -0.2) is 25.5 Å². The van der Waals surface area contributed by atoms with E-state index in [1.165, 1.54) is 23.1 Å². The van der Waals surface area contributed by atoms with Gasteiger partial charge in [-0.3, -0.25) is 14.3 Å². The molecule has 0 saturated carbocycles. The first kappa shape index (κ1) is 16.8. The highest BCUT2D eigenvalue weighted by Gasteiger charge is 2.16. The summed E-state index contributed by atoms with van der Waals surface area (Å²) in [5.74, 6) is -0.801. The van der Waals surface area contributed by atoms with Crippen LogP contribution in [-0.2, 0) is 18.4 Å². The number of hydrogen-bond acceptors (Lipinski definition) is 4. The SMILES string of the molecule is Cc1ccc(C(C)NC(=O)Cn2ncc3c(cnn3C)c2=O)c(F)c1. The average Bonchev–Trinajstić information content (AvgIpc) is 2.92. The lowest BCUT2D eigenvalue weighted by molar-refractivity contribution is -0.122. The Balaban J connectivity index is 1.76. The predicted octanol–water partition coefficient (Wildman–Crippen LogP) is 1.45. The monoisotopic (exact) mass is 343 g/mol. The van der Waals surface area contributed by atoms with Crippen molar-refractivity contribution >= 4 is 16.8 Å². The molecule has 1 amide bonds. The third-order valence-corrected chi connectivity index (χ3v) is 4.06. The highest BCUT2D eigenvalue weighted by Crippen LogP contribution is 2.17. The zero-order chi connectivity index (χ0) is 18.1. The van der Waals surface area contributed by atoms with Crippen molar-refractivity contribution < 1.29 is 9.18 Å². The predicted molar refractivity (Wildman–Crippen MR) is 90.5 cm³/mol. The van der Waals surface area contributed by atoms with Crippen molar-refractivity contribution in [3.05, 3.63) is 57.9 Å². The number of carbonyl (C=O) groups excluding carboxylic acids is 1. The first-order valence-electron chi connectivity index (χ1n) is 7.80. The fourth-order valence-corrected chi connectivity index (χ4v) is 2.68. The number of fused-ring (bicyclic) bond motifs is 1. The van der Waals surface area contributed by atoms with Crippen LogP contribution in [0.2, 0.25) is 0 Å². The van der Waals surface area contributed by atoms with Crippen molar-refractivity contribution in [2.24, 2.45) is 7.05 Å². The van der Waals surface area contributed by atoms with Gasteiger partial charge in [-0.25, -0.2) is 9.07 Å². The van der Waals surface area contributed by atoms with E-state index in [1.807, 2.05) is 0 Å². The van der Waals surface area contributed by atoms with Gasteiger partial charge in [0.2, 0.25) is 5.91 Å². The van der Waals surface area contributed by atoms with E-state index in [0.29, 0.717) is 16.5 Å². The van der Waals surface area contributed by atoms with E-state index >= 15 is 0 Å². The van der Waals surface area contributed by atoms with Gasteiger partial charge in [0.1, 0.15) is 12.4 Å². The van der Waals surface area contributed by atoms with Gasteiger partial charge < -0.3 is 5.32 Å². The van der Waals surface area contributed by atoms with Crippen molar-refractivity contribution in [3.63, 3.8) is 0 Å². The van der Waals surface area contributed by atoms with Crippen molar-refractivity contribution in [1.82, 2.24) is 24.9 Å². The lowest BCUT2D eigenvalue weighted by Crippen LogP contribution is -2.35. The van der Waals surface area contributed by atoms with Crippen molar-refractivity contribution in [2.75, 3.05) is 0 Å². The fourth-order valence-electron chi connectivity index (χ4n) is 2.68. The van der Waals surface area contributed by atoms with Crippen LogP contribution in [0, 0.1) is 12.7 Å². The Morgan fingerprint density at radius 3 is 2.80 bits per heavy atom. The second-order valence-corrected chi connectivity index (χ2v) is 5.99. The summed E-state index contributed by atoms with van der Waals surface area (Å²) in [5, 5.41) is 11.1. The molecular formula is C17H18FN5O2. The molecular weight excluding hydrogens is 325 g/mol. The van der Waals surface area contributed by atoms with Crippen LogP contribution in [0.3, 0.4) is 0 Å². The minimum Gasteiger partial charge on any atom is -0.348 e. The lowest BCUT2D eigenvalue weighted by Gasteiger charge is -2.15. The van der Waals surface area contributed by atoms with Gasteiger partial charge in [-0.05, 0) is 25.5 Å². The first-order valence-corrected chi connectivity index (χ1v) is 7.80. The van der Waals surface area contributed by atoms with Crippen LogP contribution < -0.4 is 10.9 Å². The summed E-state index contributed by atoms with van der Waals surface area (Å²) in [6.07, 6.45) is 2.93. The molecule has 8 heteroatoms. The normalized spacial score (nSPS) is 12.3. The molecule has 1 unspecified atom stereocenters. The van der Waals surface area contributed by atoms with E-state index in [1.54, 1.807) is 33.0 Å². The molecule has 1 aromatic carbocycles. The van der Waals surface area contributed by atoms with Crippen LogP contribution in [0.25, 0.3) is 10.9 Å².